The number of carbonyl (C=O) groups is 1. The lowest BCUT2D eigenvalue weighted by Gasteiger charge is -2.11. The van der Waals surface area contributed by atoms with Crippen molar-refractivity contribution in [2.75, 3.05) is 6.61 Å². The van der Waals surface area contributed by atoms with E-state index in [1.54, 1.807) is 6.07 Å². The molecule has 2 heterocycles. The summed E-state index contributed by atoms with van der Waals surface area (Å²) in [5.74, 6) is 0.648. The molecular formula is C18H14N2O2. The van der Waals surface area contributed by atoms with Gasteiger partial charge in [0.15, 0.2) is 0 Å². The van der Waals surface area contributed by atoms with E-state index in [2.05, 4.69) is 10.3 Å². The Morgan fingerprint density at radius 3 is 2.82 bits per heavy atom. The summed E-state index contributed by atoms with van der Waals surface area (Å²) in [6.07, 6.45) is 0. The molecule has 0 fully saturated rings. The number of ether oxygens (including phenoxy) is 1. The molecule has 1 N–H and O–H groups in total. The monoisotopic (exact) mass is 290 g/mol. The molecule has 1 unspecified atom stereocenters. The first-order valence-electron chi connectivity index (χ1n) is 7.20. The smallest absolute Gasteiger partial charge is 0.270 e. The second-order valence-corrected chi connectivity index (χ2v) is 5.26. The van der Waals surface area contributed by atoms with Gasteiger partial charge in [-0.15, -0.1) is 0 Å². The van der Waals surface area contributed by atoms with Gasteiger partial charge < -0.3 is 10.1 Å². The average Bonchev–Trinajstić information content (AvgIpc) is 2.97. The number of hydrogen-bond donors (Lipinski definition) is 1. The van der Waals surface area contributed by atoms with Gasteiger partial charge in [0.1, 0.15) is 18.1 Å². The highest BCUT2D eigenvalue weighted by molar-refractivity contribution is 5.95. The van der Waals surface area contributed by atoms with Gasteiger partial charge in [-0.2, -0.15) is 0 Å². The van der Waals surface area contributed by atoms with Crippen molar-refractivity contribution >= 4 is 16.8 Å². The minimum atomic E-state index is -0.184. The van der Waals surface area contributed by atoms with Gasteiger partial charge in [-0.1, -0.05) is 42.5 Å². The summed E-state index contributed by atoms with van der Waals surface area (Å²) < 4.78 is 5.58. The van der Waals surface area contributed by atoms with Crippen LogP contribution < -0.4 is 10.1 Å². The second-order valence-electron chi connectivity index (χ2n) is 5.26. The summed E-state index contributed by atoms with van der Waals surface area (Å²) in [7, 11) is 0. The number of rotatable bonds is 2. The third-order valence-electron chi connectivity index (χ3n) is 3.84. The summed E-state index contributed by atoms with van der Waals surface area (Å²) in [6, 6.07) is 19.0. The number of pyridine rings is 1. The number of aromatic nitrogens is 1. The molecule has 1 aliphatic heterocycles. The highest BCUT2D eigenvalue weighted by atomic mass is 16.5. The number of carbonyl (C=O) groups excluding carboxylic acids is 1. The van der Waals surface area contributed by atoms with E-state index in [0.29, 0.717) is 12.3 Å². The molecular weight excluding hydrogens is 276 g/mol. The van der Waals surface area contributed by atoms with Crippen LogP contribution in [0.4, 0.5) is 0 Å². The first-order chi connectivity index (χ1) is 10.8. The van der Waals surface area contributed by atoms with Crippen LogP contribution in [0.25, 0.3) is 10.9 Å². The Hall–Kier alpha value is -2.88. The Morgan fingerprint density at radius 1 is 1.05 bits per heavy atom. The molecule has 4 rings (SSSR count). The summed E-state index contributed by atoms with van der Waals surface area (Å²) >= 11 is 0. The largest absolute Gasteiger partial charge is 0.491 e. The van der Waals surface area contributed by atoms with Gasteiger partial charge in [0.25, 0.3) is 5.91 Å². The average molecular weight is 290 g/mol. The molecule has 22 heavy (non-hydrogen) atoms. The molecule has 0 radical (unpaired) electrons. The van der Waals surface area contributed by atoms with E-state index in [1.165, 1.54) is 0 Å². The van der Waals surface area contributed by atoms with Crippen molar-refractivity contribution < 1.29 is 9.53 Å². The van der Waals surface area contributed by atoms with Gasteiger partial charge in [-0.3, -0.25) is 4.79 Å². The standard InChI is InChI=1S/C18H14N2O2/c21-18(15-10-9-12-5-1-3-7-14(12)19-15)20-16-11-22-17-8-4-2-6-13(16)17/h1-10,16H,11H2,(H,20,21). The minimum absolute atomic E-state index is 0.128. The van der Waals surface area contributed by atoms with Crippen LogP contribution >= 0.6 is 0 Å². The molecule has 4 heteroatoms. The Morgan fingerprint density at radius 2 is 1.86 bits per heavy atom. The normalized spacial score (nSPS) is 16.1. The van der Waals surface area contributed by atoms with Crippen LogP contribution in [-0.2, 0) is 0 Å². The lowest BCUT2D eigenvalue weighted by molar-refractivity contribution is 0.0925. The van der Waals surface area contributed by atoms with Crippen LogP contribution in [0.1, 0.15) is 22.1 Å². The molecule has 108 valence electrons. The van der Waals surface area contributed by atoms with Gasteiger partial charge in [0.2, 0.25) is 0 Å². The van der Waals surface area contributed by atoms with Crippen molar-refractivity contribution in [1.82, 2.24) is 10.3 Å². The molecule has 1 aliphatic rings. The predicted octanol–water partition coefficient (Wildman–Crippen LogP) is 3.10. The fourth-order valence-electron chi connectivity index (χ4n) is 2.71. The fourth-order valence-corrected chi connectivity index (χ4v) is 2.71. The first-order valence-corrected chi connectivity index (χ1v) is 7.20. The molecule has 3 aromatic rings. The minimum Gasteiger partial charge on any atom is -0.491 e. The molecule has 0 saturated carbocycles. The van der Waals surface area contributed by atoms with E-state index in [1.807, 2.05) is 54.6 Å². The number of fused-ring (bicyclic) bond motifs is 2. The maximum atomic E-state index is 12.4. The Kier molecular flexibility index (Phi) is 3.00. The van der Waals surface area contributed by atoms with Gasteiger partial charge >= 0.3 is 0 Å². The molecule has 0 bridgehead atoms. The fraction of sp³-hybridized carbons (Fsp3) is 0.111. The van der Waals surface area contributed by atoms with Crippen LogP contribution in [0.15, 0.2) is 60.7 Å². The SMILES string of the molecule is O=C(NC1COc2ccccc21)c1ccc2ccccc2n1. The number of benzene rings is 2. The Balaban J connectivity index is 1.59. The summed E-state index contributed by atoms with van der Waals surface area (Å²) in [4.78, 5) is 16.8. The van der Waals surface area contributed by atoms with E-state index >= 15 is 0 Å². The number of nitrogens with one attached hydrogen (secondary N) is 1. The number of para-hydroxylation sites is 2. The maximum Gasteiger partial charge on any atom is 0.270 e. The molecule has 1 amide bonds. The number of amides is 1. The summed E-state index contributed by atoms with van der Waals surface area (Å²) in [5.41, 5.74) is 2.25. The van der Waals surface area contributed by atoms with Gasteiger partial charge in [-0.05, 0) is 18.2 Å². The van der Waals surface area contributed by atoms with E-state index in [9.17, 15) is 4.79 Å². The molecule has 1 atom stereocenters. The van der Waals surface area contributed by atoms with Crippen molar-refractivity contribution in [2.45, 2.75) is 6.04 Å². The Labute approximate surface area is 127 Å². The lowest BCUT2D eigenvalue weighted by atomic mass is 10.1. The van der Waals surface area contributed by atoms with Crippen LogP contribution in [0.3, 0.4) is 0 Å². The zero-order chi connectivity index (χ0) is 14.9. The van der Waals surface area contributed by atoms with E-state index in [4.69, 9.17) is 4.74 Å². The number of nitrogens with zero attached hydrogens (tertiary/aromatic N) is 1. The van der Waals surface area contributed by atoms with E-state index in [-0.39, 0.29) is 11.9 Å². The van der Waals surface area contributed by atoms with E-state index < -0.39 is 0 Å². The molecule has 1 aromatic heterocycles. The van der Waals surface area contributed by atoms with Gasteiger partial charge in [0.05, 0.1) is 11.6 Å². The van der Waals surface area contributed by atoms with Crippen molar-refractivity contribution in [1.29, 1.82) is 0 Å². The highest BCUT2D eigenvalue weighted by Gasteiger charge is 2.25. The third kappa shape index (κ3) is 2.19. The van der Waals surface area contributed by atoms with Crippen LogP contribution in [-0.4, -0.2) is 17.5 Å². The van der Waals surface area contributed by atoms with Crippen LogP contribution in [0.2, 0.25) is 0 Å². The molecule has 0 spiro atoms. The first kappa shape index (κ1) is 12.8. The quantitative estimate of drug-likeness (QED) is 0.789. The summed E-state index contributed by atoms with van der Waals surface area (Å²) in [6.45, 7) is 0.457. The van der Waals surface area contributed by atoms with E-state index in [0.717, 1.165) is 22.2 Å². The van der Waals surface area contributed by atoms with Crippen LogP contribution in [0.5, 0.6) is 5.75 Å². The third-order valence-corrected chi connectivity index (χ3v) is 3.84. The molecule has 2 aromatic carbocycles. The topological polar surface area (TPSA) is 51.2 Å². The van der Waals surface area contributed by atoms with Gasteiger partial charge in [0, 0.05) is 10.9 Å². The maximum absolute atomic E-state index is 12.4. The zero-order valence-electron chi connectivity index (χ0n) is 11.8. The second kappa shape index (κ2) is 5.15. The van der Waals surface area contributed by atoms with Gasteiger partial charge in [-0.25, -0.2) is 4.98 Å². The predicted molar refractivity (Wildman–Crippen MR) is 83.9 cm³/mol. The van der Waals surface area contributed by atoms with Crippen molar-refractivity contribution in [2.24, 2.45) is 0 Å². The Bertz CT molecular complexity index is 860. The summed E-state index contributed by atoms with van der Waals surface area (Å²) in [5, 5.41) is 4.01. The van der Waals surface area contributed by atoms with Crippen molar-refractivity contribution in [3.63, 3.8) is 0 Å². The molecule has 0 aliphatic carbocycles. The van der Waals surface area contributed by atoms with Crippen molar-refractivity contribution in [3.8, 4) is 5.75 Å². The lowest BCUT2D eigenvalue weighted by Crippen LogP contribution is -2.30. The van der Waals surface area contributed by atoms with Crippen molar-refractivity contribution in [3.05, 3.63) is 71.9 Å². The molecule has 4 nitrogen and oxygen atoms in total. The van der Waals surface area contributed by atoms with Crippen LogP contribution in [0, 0.1) is 0 Å². The zero-order valence-corrected chi connectivity index (χ0v) is 11.8. The number of hydrogen-bond acceptors (Lipinski definition) is 3. The molecule has 0 saturated heterocycles. The highest BCUT2D eigenvalue weighted by Crippen LogP contribution is 2.31.